The van der Waals surface area contributed by atoms with Crippen LogP contribution in [0.2, 0.25) is 5.02 Å². The van der Waals surface area contributed by atoms with Crippen molar-refractivity contribution in [1.29, 1.82) is 0 Å². The van der Waals surface area contributed by atoms with Gasteiger partial charge in [0.2, 0.25) is 0 Å². The molecule has 0 spiro atoms. The molecule has 0 atom stereocenters. The number of hydrogen-bond acceptors (Lipinski definition) is 3. The highest BCUT2D eigenvalue weighted by Gasteiger charge is 2.05. The van der Waals surface area contributed by atoms with Crippen molar-refractivity contribution in [3.63, 3.8) is 0 Å². The van der Waals surface area contributed by atoms with Gasteiger partial charge in [-0.15, -0.1) is 0 Å². The average Bonchev–Trinajstić information content (AvgIpc) is 2.72. The fourth-order valence-corrected chi connectivity index (χ4v) is 2.61. The van der Waals surface area contributed by atoms with E-state index in [-0.39, 0.29) is 5.91 Å². The van der Waals surface area contributed by atoms with Gasteiger partial charge in [-0.2, -0.15) is 5.10 Å². The number of carbonyl (C=O) groups is 1. The van der Waals surface area contributed by atoms with Crippen LogP contribution in [0.4, 0.5) is 0 Å². The first-order valence-electron chi connectivity index (χ1n) is 8.50. The zero-order chi connectivity index (χ0) is 19.1. The predicted octanol–water partition coefficient (Wildman–Crippen LogP) is 5.07. The molecule has 0 unspecified atom stereocenters. The largest absolute Gasteiger partial charge is 0.489 e. The van der Waals surface area contributed by atoms with Crippen LogP contribution in [0.1, 0.15) is 28.4 Å². The van der Waals surface area contributed by atoms with E-state index in [1.165, 1.54) is 0 Å². The van der Waals surface area contributed by atoms with Gasteiger partial charge in [0.1, 0.15) is 12.4 Å². The number of nitrogens with one attached hydrogen (secondary N) is 1. The average molecular weight is 379 g/mol. The van der Waals surface area contributed by atoms with Gasteiger partial charge in [-0.05, 0) is 55.0 Å². The zero-order valence-electron chi connectivity index (χ0n) is 14.9. The fraction of sp³-hybridized carbons (Fsp3) is 0.0909. The minimum atomic E-state index is -0.241. The molecule has 0 fully saturated rings. The Morgan fingerprint density at radius 3 is 2.30 bits per heavy atom. The third kappa shape index (κ3) is 5.19. The van der Waals surface area contributed by atoms with Gasteiger partial charge in [-0.1, -0.05) is 48.0 Å². The van der Waals surface area contributed by atoms with Gasteiger partial charge in [0, 0.05) is 16.1 Å². The van der Waals surface area contributed by atoms with E-state index in [9.17, 15) is 4.79 Å². The minimum absolute atomic E-state index is 0.241. The summed E-state index contributed by atoms with van der Waals surface area (Å²) < 4.78 is 5.77. The lowest BCUT2D eigenvalue weighted by Gasteiger charge is -2.09. The van der Waals surface area contributed by atoms with Gasteiger partial charge in [-0.3, -0.25) is 4.79 Å². The number of carbonyl (C=O) groups excluding carboxylic acids is 1. The molecule has 0 aliphatic heterocycles. The lowest BCUT2D eigenvalue weighted by molar-refractivity contribution is 0.0955. The summed E-state index contributed by atoms with van der Waals surface area (Å²) >= 11 is 6.13. The van der Waals surface area contributed by atoms with Gasteiger partial charge in [0.15, 0.2) is 0 Å². The zero-order valence-corrected chi connectivity index (χ0v) is 15.6. The summed E-state index contributed by atoms with van der Waals surface area (Å²) in [6, 6.07) is 24.1. The van der Waals surface area contributed by atoms with E-state index >= 15 is 0 Å². The standard InChI is InChI=1S/C22H19ClN2O2/c1-16(24-25-22(26)18-7-3-2-4-8-18)17-11-13-20(14-12-17)27-15-19-9-5-6-10-21(19)23/h2-14H,15H2,1H3,(H,25,26)/b24-16+. The maximum absolute atomic E-state index is 12.0. The van der Waals surface area contributed by atoms with Crippen molar-refractivity contribution < 1.29 is 9.53 Å². The van der Waals surface area contributed by atoms with Crippen molar-refractivity contribution in [3.05, 3.63) is 101 Å². The molecule has 0 saturated heterocycles. The van der Waals surface area contributed by atoms with Crippen LogP contribution in [0.3, 0.4) is 0 Å². The van der Waals surface area contributed by atoms with Crippen molar-refractivity contribution in [1.82, 2.24) is 5.43 Å². The predicted molar refractivity (Wildman–Crippen MR) is 108 cm³/mol. The summed E-state index contributed by atoms with van der Waals surface area (Å²) in [5.41, 5.74) is 5.67. The number of hydrogen-bond donors (Lipinski definition) is 1. The Morgan fingerprint density at radius 2 is 1.59 bits per heavy atom. The van der Waals surface area contributed by atoms with E-state index in [1.54, 1.807) is 12.1 Å². The van der Waals surface area contributed by atoms with Gasteiger partial charge >= 0.3 is 0 Å². The Labute approximate surface area is 163 Å². The smallest absolute Gasteiger partial charge is 0.271 e. The van der Waals surface area contributed by atoms with Crippen LogP contribution < -0.4 is 10.2 Å². The minimum Gasteiger partial charge on any atom is -0.489 e. The molecule has 1 amide bonds. The number of amides is 1. The van der Waals surface area contributed by atoms with Gasteiger partial charge in [0.05, 0.1) is 5.71 Å². The molecule has 3 aromatic carbocycles. The van der Waals surface area contributed by atoms with Crippen molar-refractivity contribution in [2.24, 2.45) is 5.10 Å². The SMILES string of the molecule is C/C(=N\NC(=O)c1ccccc1)c1ccc(OCc2ccccc2Cl)cc1. The van der Waals surface area contributed by atoms with Crippen LogP contribution in [-0.2, 0) is 6.61 Å². The highest BCUT2D eigenvalue weighted by atomic mass is 35.5. The number of ether oxygens (including phenoxy) is 1. The normalized spacial score (nSPS) is 11.1. The lowest BCUT2D eigenvalue weighted by Crippen LogP contribution is -2.19. The molecule has 136 valence electrons. The Morgan fingerprint density at radius 1 is 0.926 bits per heavy atom. The molecule has 5 heteroatoms. The van der Waals surface area contributed by atoms with E-state index in [1.807, 2.05) is 73.7 Å². The third-order valence-corrected chi connectivity index (χ3v) is 4.35. The van der Waals surface area contributed by atoms with Crippen molar-refractivity contribution in [2.75, 3.05) is 0 Å². The molecule has 0 aliphatic carbocycles. The molecule has 0 bridgehead atoms. The number of nitrogens with zero attached hydrogens (tertiary/aromatic N) is 1. The highest BCUT2D eigenvalue weighted by molar-refractivity contribution is 6.31. The number of halogens is 1. The van der Waals surface area contributed by atoms with E-state index < -0.39 is 0 Å². The summed E-state index contributed by atoms with van der Waals surface area (Å²) in [4.78, 5) is 12.0. The Kier molecular flexibility index (Phi) is 6.23. The van der Waals surface area contributed by atoms with Gasteiger partial charge in [0.25, 0.3) is 5.91 Å². The molecule has 3 rings (SSSR count). The number of rotatable bonds is 6. The summed E-state index contributed by atoms with van der Waals surface area (Å²) in [5.74, 6) is 0.495. The van der Waals surface area contributed by atoms with Gasteiger partial charge < -0.3 is 4.74 Å². The summed E-state index contributed by atoms with van der Waals surface area (Å²) in [6.07, 6.45) is 0. The first-order valence-corrected chi connectivity index (χ1v) is 8.87. The maximum Gasteiger partial charge on any atom is 0.271 e. The van der Waals surface area contributed by atoms with E-state index in [0.717, 1.165) is 16.9 Å². The maximum atomic E-state index is 12.0. The second-order valence-electron chi connectivity index (χ2n) is 5.91. The summed E-state index contributed by atoms with van der Waals surface area (Å²) in [7, 11) is 0. The van der Waals surface area contributed by atoms with Crippen LogP contribution >= 0.6 is 11.6 Å². The van der Waals surface area contributed by atoms with Crippen molar-refractivity contribution in [2.45, 2.75) is 13.5 Å². The second kappa shape index (κ2) is 9.01. The topological polar surface area (TPSA) is 50.7 Å². The van der Waals surface area contributed by atoms with Crippen molar-refractivity contribution >= 4 is 23.2 Å². The molecule has 4 nitrogen and oxygen atoms in total. The van der Waals surface area contributed by atoms with Crippen LogP contribution in [0.5, 0.6) is 5.75 Å². The molecule has 0 aliphatic rings. The Bertz CT molecular complexity index is 938. The molecule has 0 heterocycles. The molecule has 1 N–H and O–H groups in total. The second-order valence-corrected chi connectivity index (χ2v) is 6.32. The van der Waals surface area contributed by atoms with Crippen LogP contribution in [-0.4, -0.2) is 11.6 Å². The lowest BCUT2D eigenvalue weighted by atomic mass is 10.1. The summed E-state index contributed by atoms with van der Waals surface area (Å²) in [6.45, 7) is 2.24. The van der Waals surface area contributed by atoms with E-state index in [2.05, 4.69) is 10.5 Å². The van der Waals surface area contributed by atoms with Crippen LogP contribution in [0.15, 0.2) is 84.0 Å². The van der Waals surface area contributed by atoms with Crippen LogP contribution in [0, 0.1) is 0 Å². The van der Waals surface area contributed by atoms with Crippen LogP contribution in [0.25, 0.3) is 0 Å². The molecule has 0 saturated carbocycles. The first-order chi connectivity index (χ1) is 13.1. The first kappa shape index (κ1) is 18.7. The molecule has 0 radical (unpaired) electrons. The molecular formula is C22H19ClN2O2. The third-order valence-electron chi connectivity index (χ3n) is 3.99. The molecule has 0 aromatic heterocycles. The highest BCUT2D eigenvalue weighted by Crippen LogP contribution is 2.19. The van der Waals surface area contributed by atoms with E-state index in [0.29, 0.717) is 22.9 Å². The molecular weight excluding hydrogens is 360 g/mol. The molecule has 27 heavy (non-hydrogen) atoms. The van der Waals surface area contributed by atoms with Crippen molar-refractivity contribution in [3.8, 4) is 5.75 Å². The number of hydrazone groups is 1. The molecule has 3 aromatic rings. The quantitative estimate of drug-likeness (QED) is 0.480. The Balaban J connectivity index is 1.59. The monoisotopic (exact) mass is 378 g/mol. The Hall–Kier alpha value is -3.11. The number of benzene rings is 3. The van der Waals surface area contributed by atoms with E-state index in [4.69, 9.17) is 16.3 Å². The van der Waals surface area contributed by atoms with Gasteiger partial charge in [-0.25, -0.2) is 5.43 Å². The summed E-state index contributed by atoms with van der Waals surface area (Å²) in [5, 5.41) is 4.85. The fourth-order valence-electron chi connectivity index (χ4n) is 2.42.